The number of hydrogen-bond donors (Lipinski definition) is 2. The van der Waals surface area contributed by atoms with Crippen LogP contribution in [0, 0.1) is 5.92 Å². The summed E-state index contributed by atoms with van der Waals surface area (Å²) >= 11 is 5.87. The van der Waals surface area contributed by atoms with Gasteiger partial charge in [-0.25, -0.2) is 4.79 Å². The van der Waals surface area contributed by atoms with Gasteiger partial charge < -0.3 is 10.4 Å². The first-order valence-electron chi connectivity index (χ1n) is 8.01. The van der Waals surface area contributed by atoms with Crippen molar-refractivity contribution in [1.29, 1.82) is 0 Å². The van der Waals surface area contributed by atoms with E-state index in [4.69, 9.17) is 11.6 Å². The molecule has 0 radical (unpaired) electrons. The SMILES string of the molecule is CC(CC(=O)Nc1cnn(C(C)(C)C(=O)O)c1)Cc1ccc(Cl)cc1. The van der Waals surface area contributed by atoms with E-state index >= 15 is 0 Å². The van der Waals surface area contributed by atoms with Crippen molar-refractivity contribution >= 4 is 29.2 Å². The molecule has 0 aliphatic carbocycles. The van der Waals surface area contributed by atoms with Gasteiger partial charge in [-0.1, -0.05) is 30.7 Å². The number of halogens is 1. The fraction of sp³-hybridized carbons (Fsp3) is 0.389. The van der Waals surface area contributed by atoms with Gasteiger partial charge >= 0.3 is 5.97 Å². The Morgan fingerprint density at radius 2 is 1.96 bits per heavy atom. The number of nitrogens with one attached hydrogen (secondary N) is 1. The number of carboxylic acids is 1. The summed E-state index contributed by atoms with van der Waals surface area (Å²) in [5, 5.41) is 16.7. The molecule has 7 heteroatoms. The quantitative estimate of drug-likeness (QED) is 0.787. The summed E-state index contributed by atoms with van der Waals surface area (Å²) in [5.74, 6) is -0.967. The first-order valence-corrected chi connectivity index (χ1v) is 8.39. The smallest absolute Gasteiger partial charge is 0.331 e. The molecule has 1 heterocycles. The summed E-state index contributed by atoms with van der Waals surface area (Å²) in [7, 11) is 0. The third kappa shape index (κ3) is 5.06. The Hall–Kier alpha value is -2.34. The first-order chi connectivity index (χ1) is 11.7. The Morgan fingerprint density at radius 1 is 1.32 bits per heavy atom. The monoisotopic (exact) mass is 363 g/mol. The van der Waals surface area contributed by atoms with Crippen LogP contribution >= 0.6 is 11.6 Å². The average molecular weight is 364 g/mol. The van der Waals surface area contributed by atoms with Gasteiger partial charge in [0.15, 0.2) is 5.54 Å². The van der Waals surface area contributed by atoms with Crippen molar-refractivity contribution in [2.75, 3.05) is 5.32 Å². The van der Waals surface area contributed by atoms with Crippen LogP contribution in [0.15, 0.2) is 36.7 Å². The van der Waals surface area contributed by atoms with Gasteiger partial charge in [0.25, 0.3) is 0 Å². The van der Waals surface area contributed by atoms with Crippen LogP contribution in [0.5, 0.6) is 0 Å². The molecule has 25 heavy (non-hydrogen) atoms. The Kier molecular flexibility index (Phi) is 5.85. The Morgan fingerprint density at radius 3 is 2.56 bits per heavy atom. The van der Waals surface area contributed by atoms with E-state index in [9.17, 15) is 14.7 Å². The zero-order chi connectivity index (χ0) is 18.6. The van der Waals surface area contributed by atoms with Gasteiger partial charge in [-0.15, -0.1) is 0 Å². The van der Waals surface area contributed by atoms with Crippen LogP contribution in [-0.4, -0.2) is 26.8 Å². The molecule has 1 atom stereocenters. The zero-order valence-corrected chi connectivity index (χ0v) is 15.2. The molecule has 0 aliphatic heterocycles. The van der Waals surface area contributed by atoms with Crippen molar-refractivity contribution in [1.82, 2.24) is 9.78 Å². The van der Waals surface area contributed by atoms with Crippen molar-refractivity contribution in [3.63, 3.8) is 0 Å². The Labute approximate surface area is 151 Å². The number of rotatable bonds is 7. The number of amides is 1. The molecule has 1 aromatic heterocycles. The molecule has 1 aromatic carbocycles. The van der Waals surface area contributed by atoms with Crippen LogP contribution in [0.1, 0.15) is 32.8 Å². The van der Waals surface area contributed by atoms with Crippen LogP contribution in [0.3, 0.4) is 0 Å². The van der Waals surface area contributed by atoms with Gasteiger partial charge in [-0.05, 0) is 43.9 Å². The highest BCUT2D eigenvalue weighted by atomic mass is 35.5. The molecule has 0 fully saturated rings. The topological polar surface area (TPSA) is 84.2 Å². The third-order valence-electron chi connectivity index (χ3n) is 3.99. The molecular formula is C18H22ClN3O3. The Balaban J connectivity index is 1.91. The van der Waals surface area contributed by atoms with Crippen molar-refractivity contribution in [2.45, 2.75) is 39.2 Å². The van der Waals surface area contributed by atoms with E-state index in [1.54, 1.807) is 13.8 Å². The molecule has 2 rings (SSSR count). The first kappa shape index (κ1) is 19.0. The van der Waals surface area contributed by atoms with Gasteiger partial charge in [-0.3, -0.25) is 9.48 Å². The number of carbonyl (C=O) groups excluding carboxylic acids is 1. The van der Waals surface area contributed by atoms with E-state index in [0.29, 0.717) is 17.1 Å². The predicted molar refractivity (Wildman–Crippen MR) is 96.8 cm³/mol. The lowest BCUT2D eigenvalue weighted by Gasteiger charge is -2.19. The van der Waals surface area contributed by atoms with E-state index in [2.05, 4.69) is 10.4 Å². The lowest BCUT2D eigenvalue weighted by molar-refractivity contribution is -0.146. The fourth-order valence-electron chi connectivity index (χ4n) is 2.41. The van der Waals surface area contributed by atoms with Crippen molar-refractivity contribution in [3.8, 4) is 0 Å². The summed E-state index contributed by atoms with van der Waals surface area (Å²) in [6.07, 6.45) is 4.11. The molecule has 0 saturated carbocycles. The second-order valence-electron chi connectivity index (χ2n) is 6.73. The number of aliphatic carboxylic acids is 1. The Bertz CT molecular complexity index is 753. The van der Waals surface area contributed by atoms with Gasteiger partial charge in [-0.2, -0.15) is 5.10 Å². The average Bonchev–Trinajstić information content (AvgIpc) is 2.98. The number of hydrogen-bond acceptors (Lipinski definition) is 3. The molecule has 134 valence electrons. The number of carboxylic acid groups (broad SMARTS) is 1. The molecule has 2 N–H and O–H groups in total. The van der Waals surface area contributed by atoms with E-state index in [1.807, 2.05) is 31.2 Å². The van der Waals surface area contributed by atoms with E-state index < -0.39 is 11.5 Å². The van der Waals surface area contributed by atoms with Crippen LogP contribution in [0.2, 0.25) is 5.02 Å². The van der Waals surface area contributed by atoms with Gasteiger partial charge in [0, 0.05) is 17.6 Å². The third-order valence-corrected chi connectivity index (χ3v) is 4.25. The lowest BCUT2D eigenvalue weighted by atomic mass is 9.98. The maximum absolute atomic E-state index is 12.2. The minimum Gasteiger partial charge on any atom is -0.479 e. The number of carbonyl (C=O) groups is 2. The molecule has 0 bridgehead atoms. The van der Waals surface area contributed by atoms with Crippen LogP contribution in [-0.2, 0) is 21.5 Å². The van der Waals surface area contributed by atoms with Crippen molar-refractivity contribution < 1.29 is 14.7 Å². The second kappa shape index (κ2) is 7.70. The second-order valence-corrected chi connectivity index (χ2v) is 7.16. The van der Waals surface area contributed by atoms with E-state index in [-0.39, 0.29) is 11.8 Å². The standard InChI is InChI=1S/C18H22ClN3O3/c1-12(8-13-4-6-14(19)7-5-13)9-16(23)21-15-10-20-22(11-15)18(2,3)17(24)25/h4-7,10-12H,8-9H2,1-3H3,(H,21,23)(H,24,25). The molecule has 0 spiro atoms. The normalized spacial score (nSPS) is 12.6. The van der Waals surface area contributed by atoms with Gasteiger partial charge in [0.2, 0.25) is 5.91 Å². The molecule has 0 saturated heterocycles. The number of nitrogens with zero attached hydrogens (tertiary/aromatic N) is 2. The predicted octanol–water partition coefficient (Wildman–Crippen LogP) is 3.56. The van der Waals surface area contributed by atoms with Gasteiger partial charge in [0.1, 0.15) is 0 Å². The number of anilines is 1. The largest absolute Gasteiger partial charge is 0.479 e. The zero-order valence-electron chi connectivity index (χ0n) is 14.5. The summed E-state index contributed by atoms with van der Waals surface area (Å²) < 4.78 is 1.32. The maximum Gasteiger partial charge on any atom is 0.331 e. The molecule has 6 nitrogen and oxygen atoms in total. The maximum atomic E-state index is 12.2. The van der Waals surface area contributed by atoms with Crippen molar-refractivity contribution in [3.05, 3.63) is 47.2 Å². The number of benzene rings is 1. The summed E-state index contributed by atoms with van der Waals surface area (Å²) in [5.41, 5.74) is 0.434. The van der Waals surface area contributed by atoms with Crippen LogP contribution < -0.4 is 5.32 Å². The molecule has 0 aliphatic rings. The fourth-order valence-corrected chi connectivity index (χ4v) is 2.54. The lowest BCUT2D eigenvalue weighted by Crippen LogP contribution is -2.35. The van der Waals surface area contributed by atoms with Gasteiger partial charge in [0.05, 0.1) is 11.9 Å². The van der Waals surface area contributed by atoms with Crippen molar-refractivity contribution in [2.24, 2.45) is 5.92 Å². The highest BCUT2D eigenvalue weighted by Crippen LogP contribution is 2.19. The molecular weight excluding hydrogens is 342 g/mol. The van der Waals surface area contributed by atoms with E-state index in [1.165, 1.54) is 17.1 Å². The number of aromatic nitrogens is 2. The van der Waals surface area contributed by atoms with Crippen LogP contribution in [0.4, 0.5) is 5.69 Å². The summed E-state index contributed by atoms with van der Waals surface area (Å²) in [6, 6.07) is 7.58. The molecule has 1 amide bonds. The van der Waals surface area contributed by atoms with E-state index in [0.717, 1.165) is 12.0 Å². The minimum absolute atomic E-state index is 0.130. The summed E-state index contributed by atoms with van der Waals surface area (Å²) in [6.45, 7) is 5.09. The molecule has 2 aromatic rings. The highest BCUT2D eigenvalue weighted by molar-refractivity contribution is 6.30. The summed E-state index contributed by atoms with van der Waals surface area (Å²) in [4.78, 5) is 23.4. The highest BCUT2D eigenvalue weighted by Gasteiger charge is 2.30. The minimum atomic E-state index is -1.18. The van der Waals surface area contributed by atoms with Crippen LogP contribution in [0.25, 0.3) is 0 Å². The molecule has 1 unspecified atom stereocenters.